The van der Waals surface area contributed by atoms with Gasteiger partial charge in [0.25, 0.3) is 0 Å². The van der Waals surface area contributed by atoms with Crippen molar-refractivity contribution in [1.82, 2.24) is 9.97 Å². The molecule has 19 heavy (non-hydrogen) atoms. The number of rotatable bonds is 5. The molecule has 2 aromatic rings. The number of carbonyl (C=O) groups is 1. The number of hydrogen-bond donors (Lipinski definition) is 2. The normalized spacial score (nSPS) is 12.3. The molecule has 0 fully saturated rings. The van der Waals surface area contributed by atoms with E-state index < -0.39 is 6.04 Å². The lowest BCUT2D eigenvalue weighted by Gasteiger charge is -2.11. The first-order valence-corrected chi connectivity index (χ1v) is 5.97. The highest BCUT2D eigenvalue weighted by Gasteiger charge is 2.13. The van der Waals surface area contributed by atoms with Gasteiger partial charge in [0, 0.05) is 31.8 Å². The highest BCUT2D eigenvalue weighted by Crippen LogP contribution is 2.15. The minimum atomic E-state index is -0.586. The van der Waals surface area contributed by atoms with E-state index in [1.54, 1.807) is 37.7 Å². The third-order valence-corrected chi connectivity index (χ3v) is 2.71. The number of amides is 1. The maximum atomic E-state index is 11.8. The van der Waals surface area contributed by atoms with Crippen molar-refractivity contribution < 1.29 is 9.53 Å². The van der Waals surface area contributed by atoms with E-state index in [1.165, 1.54) is 0 Å². The van der Waals surface area contributed by atoms with Gasteiger partial charge in [-0.15, -0.1) is 0 Å². The third kappa shape index (κ3) is 3.46. The number of benzene rings is 1. The molecule has 1 aromatic carbocycles. The summed E-state index contributed by atoms with van der Waals surface area (Å²) in [5.41, 5.74) is 7.91. The molecule has 1 atom stereocenters. The van der Waals surface area contributed by atoms with Gasteiger partial charge in [0.1, 0.15) is 0 Å². The fourth-order valence-electron chi connectivity index (χ4n) is 1.65. The quantitative estimate of drug-likeness (QED) is 0.834. The molecule has 3 N–H and O–H groups in total. The molecule has 0 saturated carbocycles. The van der Waals surface area contributed by atoms with E-state index >= 15 is 0 Å². The second-order valence-corrected chi connectivity index (χ2v) is 4.14. The van der Waals surface area contributed by atoms with Gasteiger partial charge in [-0.3, -0.25) is 14.8 Å². The molecule has 0 aliphatic carbocycles. The zero-order chi connectivity index (χ0) is 13.7. The van der Waals surface area contributed by atoms with Crippen LogP contribution in [0.1, 0.15) is 6.42 Å². The Morgan fingerprint density at radius 3 is 2.84 bits per heavy atom. The molecule has 1 amide bonds. The first-order chi connectivity index (χ1) is 9.20. The number of nitrogens with zero attached hydrogens (tertiary/aromatic N) is 2. The number of nitrogens with two attached hydrogens (primary N) is 1. The van der Waals surface area contributed by atoms with E-state index in [1.807, 2.05) is 0 Å². The highest BCUT2D eigenvalue weighted by atomic mass is 16.5. The van der Waals surface area contributed by atoms with Gasteiger partial charge in [-0.2, -0.15) is 0 Å². The molecular formula is C13H16N4O2. The summed E-state index contributed by atoms with van der Waals surface area (Å²) in [4.78, 5) is 20.2. The Morgan fingerprint density at radius 1 is 1.37 bits per heavy atom. The van der Waals surface area contributed by atoms with Crippen LogP contribution in [0.25, 0.3) is 11.0 Å². The maximum absolute atomic E-state index is 11.8. The van der Waals surface area contributed by atoms with Gasteiger partial charge in [-0.05, 0) is 24.6 Å². The first-order valence-electron chi connectivity index (χ1n) is 5.97. The Hall–Kier alpha value is -2.05. The molecule has 0 bridgehead atoms. The van der Waals surface area contributed by atoms with Gasteiger partial charge in [0.2, 0.25) is 5.91 Å². The zero-order valence-corrected chi connectivity index (χ0v) is 10.7. The average Bonchev–Trinajstić information content (AvgIpc) is 2.44. The van der Waals surface area contributed by atoms with E-state index in [-0.39, 0.29) is 5.91 Å². The number of methoxy groups -OCH3 is 1. The molecule has 2 rings (SSSR count). The molecule has 0 radical (unpaired) electrons. The fourth-order valence-corrected chi connectivity index (χ4v) is 1.65. The van der Waals surface area contributed by atoms with Crippen molar-refractivity contribution in [3.05, 3.63) is 30.6 Å². The molecule has 100 valence electrons. The van der Waals surface area contributed by atoms with Gasteiger partial charge in [0.05, 0.1) is 17.1 Å². The second kappa shape index (κ2) is 6.21. The predicted octanol–water partition coefficient (Wildman–Crippen LogP) is 0.932. The van der Waals surface area contributed by atoms with Crippen LogP contribution >= 0.6 is 0 Å². The van der Waals surface area contributed by atoms with Crippen LogP contribution in [0.5, 0.6) is 0 Å². The Balaban J connectivity index is 2.06. The van der Waals surface area contributed by atoms with Crippen molar-refractivity contribution in [2.24, 2.45) is 5.73 Å². The number of carbonyl (C=O) groups excluding carboxylic acids is 1. The Morgan fingerprint density at radius 2 is 2.11 bits per heavy atom. The Labute approximate surface area is 111 Å². The molecule has 0 saturated heterocycles. The smallest absolute Gasteiger partial charge is 0.241 e. The highest BCUT2D eigenvalue weighted by molar-refractivity contribution is 5.96. The summed E-state index contributed by atoms with van der Waals surface area (Å²) in [6.45, 7) is 0.456. The third-order valence-electron chi connectivity index (χ3n) is 2.71. The van der Waals surface area contributed by atoms with Gasteiger partial charge >= 0.3 is 0 Å². The van der Waals surface area contributed by atoms with Gasteiger partial charge < -0.3 is 15.8 Å². The summed E-state index contributed by atoms with van der Waals surface area (Å²) >= 11 is 0. The van der Waals surface area contributed by atoms with Crippen molar-refractivity contribution in [2.75, 3.05) is 19.0 Å². The van der Waals surface area contributed by atoms with E-state index in [2.05, 4.69) is 15.3 Å². The topological polar surface area (TPSA) is 90.1 Å². The van der Waals surface area contributed by atoms with Crippen LogP contribution in [0.3, 0.4) is 0 Å². The Bertz CT molecular complexity index is 573. The minimum absolute atomic E-state index is 0.236. The summed E-state index contributed by atoms with van der Waals surface area (Å²) in [5.74, 6) is -0.236. The molecule has 0 aliphatic heterocycles. The molecule has 1 aromatic heterocycles. The Kier molecular flexibility index (Phi) is 4.38. The van der Waals surface area contributed by atoms with Crippen molar-refractivity contribution >= 4 is 22.6 Å². The molecule has 6 nitrogen and oxygen atoms in total. The summed E-state index contributed by atoms with van der Waals surface area (Å²) in [6, 6.07) is 4.76. The number of aromatic nitrogens is 2. The number of nitrogens with one attached hydrogen (secondary N) is 1. The first kappa shape index (κ1) is 13.4. The van der Waals surface area contributed by atoms with Crippen LogP contribution in [0.15, 0.2) is 30.6 Å². The van der Waals surface area contributed by atoms with Gasteiger partial charge in [-0.1, -0.05) is 0 Å². The molecule has 6 heteroatoms. The second-order valence-electron chi connectivity index (χ2n) is 4.14. The van der Waals surface area contributed by atoms with Crippen LogP contribution in [0, 0.1) is 0 Å². The lowest BCUT2D eigenvalue weighted by atomic mass is 10.2. The lowest BCUT2D eigenvalue weighted by Crippen LogP contribution is -2.36. The van der Waals surface area contributed by atoms with Gasteiger partial charge in [0.15, 0.2) is 0 Å². The molecule has 0 aliphatic rings. The SMILES string of the molecule is COCCC(N)C(=O)Nc1ccc2nccnc2c1. The number of ether oxygens (including phenoxy) is 1. The van der Waals surface area contributed by atoms with Crippen LogP contribution in [0.4, 0.5) is 5.69 Å². The molecular weight excluding hydrogens is 244 g/mol. The maximum Gasteiger partial charge on any atom is 0.241 e. The van der Waals surface area contributed by atoms with E-state index in [4.69, 9.17) is 10.5 Å². The summed E-state index contributed by atoms with van der Waals surface area (Å²) in [6.07, 6.45) is 3.72. The van der Waals surface area contributed by atoms with Crippen LogP contribution in [0.2, 0.25) is 0 Å². The number of fused-ring (bicyclic) bond motifs is 1. The van der Waals surface area contributed by atoms with E-state index in [9.17, 15) is 4.79 Å². The number of hydrogen-bond acceptors (Lipinski definition) is 5. The van der Waals surface area contributed by atoms with Crippen molar-refractivity contribution in [1.29, 1.82) is 0 Å². The monoisotopic (exact) mass is 260 g/mol. The van der Waals surface area contributed by atoms with Crippen LogP contribution < -0.4 is 11.1 Å². The molecule has 1 unspecified atom stereocenters. The summed E-state index contributed by atoms with van der Waals surface area (Å²) in [5, 5.41) is 2.76. The van der Waals surface area contributed by atoms with Crippen molar-refractivity contribution in [3.63, 3.8) is 0 Å². The van der Waals surface area contributed by atoms with Crippen molar-refractivity contribution in [3.8, 4) is 0 Å². The standard InChI is InChI=1S/C13H16N4O2/c1-19-7-4-10(14)13(18)17-9-2-3-11-12(8-9)16-6-5-15-11/h2-3,5-6,8,10H,4,7,14H2,1H3,(H,17,18). The summed E-state index contributed by atoms with van der Waals surface area (Å²) in [7, 11) is 1.58. The van der Waals surface area contributed by atoms with Crippen LogP contribution in [-0.4, -0.2) is 35.6 Å². The van der Waals surface area contributed by atoms with E-state index in [0.29, 0.717) is 18.7 Å². The summed E-state index contributed by atoms with van der Waals surface area (Å²) < 4.78 is 4.89. The van der Waals surface area contributed by atoms with Crippen LogP contribution in [-0.2, 0) is 9.53 Å². The fraction of sp³-hybridized carbons (Fsp3) is 0.308. The average molecular weight is 260 g/mol. The molecule has 0 spiro atoms. The minimum Gasteiger partial charge on any atom is -0.385 e. The predicted molar refractivity (Wildman–Crippen MR) is 72.6 cm³/mol. The zero-order valence-electron chi connectivity index (χ0n) is 10.7. The van der Waals surface area contributed by atoms with Crippen molar-refractivity contribution in [2.45, 2.75) is 12.5 Å². The lowest BCUT2D eigenvalue weighted by molar-refractivity contribution is -0.117. The van der Waals surface area contributed by atoms with Gasteiger partial charge in [-0.25, -0.2) is 0 Å². The number of anilines is 1. The largest absolute Gasteiger partial charge is 0.385 e. The van der Waals surface area contributed by atoms with E-state index in [0.717, 1.165) is 11.0 Å². The molecule has 1 heterocycles.